The van der Waals surface area contributed by atoms with E-state index in [9.17, 15) is 9.59 Å². The Morgan fingerprint density at radius 3 is 2.68 bits per heavy atom. The molecule has 0 aromatic carbocycles. The molecule has 4 rings (SSSR count). The Hall–Kier alpha value is -2.17. The van der Waals surface area contributed by atoms with Gasteiger partial charge in [-0.05, 0) is 38.2 Å². The molecule has 132 valence electrons. The van der Waals surface area contributed by atoms with Gasteiger partial charge in [0.05, 0.1) is 17.6 Å². The van der Waals surface area contributed by atoms with E-state index in [1.807, 2.05) is 6.92 Å². The number of ketones is 2. The van der Waals surface area contributed by atoms with E-state index in [4.69, 9.17) is 0 Å². The largest absolute Gasteiger partial charge is 0.358 e. The number of piperidine rings is 1. The summed E-state index contributed by atoms with van der Waals surface area (Å²) >= 11 is 0. The van der Waals surface area contributed by atoms with Gasteiger partial charge in [0, 0.05) is 42.6 Å². The molecule has 0 unspecified atom stereocenters. The molecule has 25 heavy (non-hydrogen) atoms. The van der Waals surface area contributed by atoms with E-state index >= 15 is 0 Å². The summed E-state index contributed by atoms with van der Waals surface area (Å²) in [7, 11) is 0. The van der Waals surface area contributed by atoms with Crippen LogP contribution in [0.1, 0.15) is 61.5 Å². The van der Waals surface area contributed by atoms with Crippen LogP contribution in [0.5, 0.6) is 0 Å². The second kappa shape index (κ2) is 6.62. The first-order chi connectivity index (χ1) is 12.2. The number of carbonyl (C=O) groups excluding carboxylic acids is 2. The van der Waals surface area contributed by atoms with Crippen LogP contribution in [0, 0.1) is 5.92 Å². The zero-order chi connectivity index (χ0) is 17.4. The number of pyridine rings is 1. The van der Waals surface area contributed by atoms with E-state index in [0.717, 1.165) is 48.3 Å². The monoisotopic (exact) mass is 339 g/mol. The molecule has 2 aromatic rings. The Bertz CT molecular complexity index is 814. The summed E-state index contributed by atoms with van der Waals surface area (Å²) in [6, 6.07) is 2.08. The van der Waals surface area contributed by atoms with Gasteiger partial charge in [-0.3, -0.25) is 14.6 Å². The van der Waals surface area contributed by atoms with Crippen LogP contribution < -0.4 is 4.90 Å². The number of fused-ring (bicyclic) bond motifs is 1. The van der Waals surface area contributed by atoms with E-state index in [0.29, 0.717) is 18.4 Å². The van der Waals surface area contributed by atoms with Gasteiger partial charge in [-0.15, -0.1) is 0 Å². The number of hydrogen-bond donors (Lipinski definition) is 1. The summed E-state index contributed by atoms with van der Waals surface area (Å²) in [4.78, 5) is 34.9. The highest BCUT2D eigenvalue weighted by Crippen LogP contribution is 2.33. The number of nitrogens with zero attached hydrogens (tertiary/aromatic N) is 2. The van der Waals surface area contributed by atoms with E-state index < -0.39 is 0 Å². The molecule has 1 saturated heterocycles. The van der Waals surface area contributed by atoms with Gasteiger partial charge in [0.2, 0.25) is 0 Å². The van der Waals surface area contributed by atoms with E-state index in [1.54, 1.807) is 6.20 Å². The maximum Gasteiger partial charge on any atom is 0.164 e. The molecule has 0 amide bonds. The second-order valence-corrected chi connectivity index (χ2v) is 7.30. The van der Waals surface area contributed by atoms with Crippen molar-refractivity contribution < 1.29 is 9.59 Å². The average Bonchev–Trinajstić information content (AvgIpc) is 3.40. The van der Waals surface area contributed by atoms with Gasteiger partial charge in [-0.2, -0.15) is 0 Å². The Kier molecular flexibility index (Phi) is 4.32. The molecule has 2 aromatic heterocycles. The molecule has 1 saturated carbocycles. The van der Waals surface area contributed by atoms with Gasteiger partial charge in [-0.1, -0.05) is 6.92 Å². The molecule has 1 aliphatic carbocycles. The van der Waals surface area contributed by atoms with Crippen molar-refractivity contribution in [2.75, 3.05) is 18.0 Å². The minimum atomic E-state index is 0.0989. The minimum Gasteiger partial charge on any atom is -0.358 e. The average molecular weight is 339 g/mol. The number of H-pyrrole nitrogens is 1. The lowest BCUT2D eigenvalue weighted by Gasteiger charge is -2.27. The first-order valence-electron chi connectivity index (χ1n) is 9.49. The quantitative estimate of drug-likeness (QED) is 0.816. The molecule has 2 fully saturated rings. The summed E-state index contributed by atoms with van der Waals surface area (Å²) in [6.45, 7) is 3.94. The fraction of sp³-hybridized carbons (Fsp3) is 0.550. The summed E-state index contributed by atoms with van der Waals surface area (Å²) in [5.74, 6) is 1.65. The van der Waals surface area contributed by atoms with Gasteiger partial charge in [-0.25, -0.2) is 0 Å². The summed E-state index contributed by atoms with van der Waals surface area (Å²) in [5, 5.41) is 0.918. The highest BCUT2D eigenvalue weighted by atomic mass is 16.1. The van der Waals surface area contributed by atoms with Crippen LogP contribution in [-0.2, 0) is 11.2 Å². The van der Waals surface area contributed by atoms with Gasteiger partial charge in [0.1, 0.15) is 11.6 Å². The smallest absolute Gasteiger partial charge is 0.164 e. The molecule has 1 aliphatic heterocycles. The third kappa shape index (κ3) is 3.20. The molecule has 3 heterocycles. The van der Waals surface area contributed by atoms with Crippen LogP contribution in [0.15, 0.2) is 12.3 Å². The second-order valence-electron chi connectivity index (χ2n) is 7.30. The van der Waals surface area contributed by atoms with Crippen molar-refractivity contribution in [3.05, 3.63) is 23.5 Å². The van der Waals surface area contributed by atoms with Crippen LogP contribution in [0.25, 0.3) is 10.9 Å². The van der Waals surface area contributed by atoms with Gasteiger partial charge in [0.15, 0.2) is 5.78 Å². The highest BCUT2D eigenvalue weighted by Gasteiger charge is 2.30. The number of rotatable bonds is 6. The van der Waals surface area contributed by atoms with E-state index in [2.05, 4.69) is 20.9 Å². The van der Waals surface area contributed by atoms with Gasteiger partial charge in [0.25, 0.3) is 0 Å². The van der Waals surface area contributed by atoms with Crippen LogP contribution in [0.3, 0.4) is 0 Å². The predicted molar refractivity (Wildman–Crippen MR) is 98.2 cm³/mol. The van der Waals surface area contributed by atoms with E-state index in [1.165, 1.54) is 19.3 Å². The lowest BCUT2D eigenvalue weighted by Crippen LogP contribution is -2.29. The predicted octanol–water partition coefficient (Wildman–Crippen LogP) is 3.67. The lowest BCUT2D eigenvalue weighted by molar-refractivity contribution is -0.119. The van der Waals surface area contributed by atoms with E-state index in [-0.39, 0.29) is 17.5 Å². The number of anilines is 1. The Labute approximate surface area is 147 Å². The Morgan fingerprint density at radius 1 is 1.24 bits per heavy atom. The third-order valence-corrected chi connectivity index (χ3v) is 5.42. The Morgan fingerprint density at radius 2 is 2.00 bits per heavy atom. The molecule has 5 heteroatoms. The van der Waals surface area contributed by atoms with Crippen molar-refractivity contribution >= 4 is 28.3 Å². The molecule has 0 bridgehead atoms. The summed E-state index contributed by atoms with van der Waals surface area (Å²) in [5.41, 5.74) is 2.32. The Balaban J connectivity index is 1.75. The zero-order valence-corrected chi connectivity index (χ0v) is 14.8. The standard InChI is InChI=1S/C20H25N3O2/c1-2-17(24)15-12-21-16(11-18(25)13-6-7-13)20-14(15)10-19(22-20)23-8-4-3-5-9-23/h10,12-13,22H,2-9,11H2,1H3. The normalized spacial score (nSPS) is 17.9. The third-order valence-electron chi connectivity index (χ3n) is 5.42. The highest BCUT2D eigenvalue weighted by molar-refractivity contribution is 6.09. The fourth-order valence-corrected chi connectivity index (χ4v) is 3.72. The summed E-state index contributed by atoms with van der Waals surface area (Å²) < 4.78 is 0. The molecule has 0 atom stereocenters. The van der Waals surface area contributed by atoms with Gasteiger partial charge >= 0.3 is 0 Å². The molecule has 2 aliphatic rings. The first kappa shape index (κ1) is 16.3. The number of Topliss-reactive ketones (excluding diaryl/α,β-unsaturated/α-hetero) is 2. The topological polar surface area (TPSA) is 66.1 Å². The molecular weight excluding hydrogens is 314 g/mol. The minimum absolute atomic E-state index is 0.0989. The van der Waals surface area contributed by atoms with Crippen molar-refractivity contribution in [2.45, 2.75) is 51.9 Å². The number of aromatic amines is 1. The van der Waals surface area contributed by atoms with Crippen molar-refractivity contribution in [3.63, 3.8) is 0 Å². The zero-order valence-electron chi connectivity index (χ0n) is 14.8. The number of nitrogens with one attached hydrogen (secondary N) is 1. The van der Waals surface area contributed by atoms with Crippen molar-refractivity contribution in [1.82, 2.24) is 9.97 Å². The van der Waals surface area contributed by atoms with Crippen molar-refractivity contribution in [2.24, 2.45) is 5.92 Å². The van der Waals surface area contributed by atoms with Crippen molar-refractivity contribution in [1.29, 1.82) is 0 Å². The van der Waals surface area contributed by atoms with Crippen LogP contribution in [0.4, 0.5) is 5.82 Å². The molecule has 0 spiro atoms. The number of aromatic nitrogens is 2. The van der Waals surface area contributed by atoms with Gasteiger partial charge < -0.3 is 9.88 Å². The first-order valence-corrected chi connectivity index (χ1v) is 9.49. The summed E-state index contributed by atoms with van der Waals surface area (Å²) in [6.07, 6.45) is 8.18. The molecule has 1 N–H and O–H groups in total. The fourth-order valence-electron chi connectivity index (χ4n) is 3.72. The van der Waals surface area contributed by atoms with Crippen molar-refractivity contribution in [3.8, 4) is 0 Å². The number of hydrogen-bond acceptors (Lipinski definition) is 4. The maximum absolute atomic E-state index is 12.3. The van der Waals surface area contributed by atoms with Crippen LogP contribution in [-0.4, -0.2) is 34.6 Å². The van der Waals surface area contributed by atoms with Crippen LogP contribution >= 0.6 is 0 Å². The van der Waals surface area contributed by atoms with Crippen LogP contribution in [0.2, 0.25) is 0 Å². The molecule has 0 radical (unpaired) electrons. The number of carbonyl (C=O) groups is 2. The molecular formula is C20H25N3O2. The lowest BCUT2D eigenvalue weighted by atomic mass is 10.0. The maximum atomic E-state index is 12.3. The SMILES string of the molecule is CCC(=O)c1cnc(CC(=O)C2CC2)c2[nH]c(N3CCCCC3)cc12. The molecule has 5 nitrogen and oxygen atoms in total.